The van der Waals surface area contributed by atoms with Crippen LogP contribution in [0.15, 0.2) is 36.5 Å². The quantitative estimate of drug-likeness (QED) is 0.878. The Morgan fingerprint density at radius 3 is 2.53 bits per heavy atom. The molecule has 1 aromatic heterocycles. The minimum atomic E-state index is 0.425. The third-order valence-electron chi connectivity index (χ3n) is 2.48. The van der Waals surface area contributed by atoms with Gasteiger partial charge in [-0.25, -0.2) is 4.98 Å². The van der Waals surface area contributed by atoms with Gasteiger partial charge in [-0.1, -0.05) is 12.1 Å². The molecule has 0 atom stereocenters. The molecule has 0 spiro atoms. The van der Waals surface area contributed by atoms with Crippen molar-refractivity contribution in [2.45, 2.75) is 20.4 Å². The normalized spacial score (nSPS) is 10.3. The Balaban J connectivity index is 2.31. The number of hydrogen-bond donors (Lipinski definition) is 1. The molecule has 3 nitrogen and oxygen atoms in total. The van der Waals surface area contributed by atoms with Gasteiger partial charge in [0.05, 0.1) is 0 Å². The Morgan fingerprint density at radius 1 is 1.18 bits per heavy atom. The van der Waals surface area contributed by atoms with Crippen molar-refractivity contribution in [3.8, 4) is 11.6 Å². The number of nitrogens with two attached hydrogens (primary N) is 1. The van der Waals surface area contributed by atoms with Crippen LogP contribution in [0.4, 0.5) is 0 Å². The summed E-state index contributed by atoms with van der Waals surface area (Å²) in [5.74, 6) is 1.39. The maximum Gasteiger partial charge on any atom is 0.223 e. The fourth-order valence-electron chi connectivity index (χ4n) is 1.77. The zero-order valence-electron chi connectivity index (χ0n) is 10.1. The lowest BCUT2D eigenvalue weighted by Crippen LogP contribution is -2.00. The Morgan fingerprint density at radius 2 is 1.88 bits per heavy atom. The van der Waals surface area contributed by atoms with Crippen molar-refractivity contribution in [2.24, 2.45) is 5.73 Å². The van der Waals surface area contributed by atoms with Gasteiger partial charge in [0.15, 0.2) is 0 Å². The number of hydrogen-bond acceptors (Lipinski definition) is 3. The van der Waals surface area contributed by atoms with Crippen molar-refractivity contribution >= 4 is 0 Å². The predicted octanol–water partition coefficient (Wildman–Crippen LogP) is 2.95. The first-order valence-electron chi connectivity index (χ1n) is 5.59. The molecule has 3 heteroatoms. The molecule has 0 radical (unpaired) electrons. The molecule has 0 amide bonds. The first-order valence-corrected chi connectivity index (χ1v) is 5.59. The molecule has 0 saturated carbocycles. The second-order valence-electron chi connectivity index (χ2n) is 4.10. The van der Waals surface area contributed by atoms with Crippen molar-refractivity contribution in [1.82, 2.24) is 4.98 Å². The minimum Gasteiger partial charge on any atom is -0.439 e. The van der Waals surface area contributed by atoms with Gasteiger partial charge < -0.3 is 10.5 Å². The van der Waals surface area contributed by atoms with Crippen molar-refractivity contribution in [1.29, 1.82) is 0 Å². The van der Waals surface area contributed by atoms with Crippen LogP contribution in [0, 0.1) is 13.8 Å². The average Bonchev–Trinajstić information content (AvgIpc) is 2.28. The molecular weight excluding hydrogens is 212 g/mol. The summed E-state index contributed by atoms with van der Waals surface area (Å²) in [5.41, 5.74) is 8.90. The second-order valence-corrected chi connectivity index (χ2v) is 4.10. The minimum absolute atomic E-state index is 0.425. The predicted molar refractivity (Wildman–Crippen MR) is 68.1 cm³/mol. The highest BCUT2D eigenvalue weighted by Gasteiger charge is 2.05. The molecule has 0 aliphatic heterocycles. The SMILES string of the molecule is Cc1cc(C)cc(Oc2ncccc2CN)c1. The van der Waals surface area contributed by atoms with Crippen LogP contribution in [-0.2, 0) is 6.54 Å². The van der Waals surface area contributed by atoms with E-state index < -0.39 is 0 Å². The van der Waals surface area contributed by atoms with E-state index in [1.54, 1.807) is 6.20 Å². The Bertz CT molecular complexity index is 503. The number of aryl methyl sites for hydroxylation is 2. The van der Waals surface area contributed by atoms with Crippen molar-refractivity contribution < 1.29 is 4.74 Å². The Labute approximate surface area is 101 Å². The van der Waals surface area contributed by atoms with Crippen LogP contribution in [0.5, 0.6) is 11.6 Å². The lowest BCUT2D eigenvalue weighted by molar-refractivity contribution is 0.455. The van der Waals surface area contributed by atoms with Crippen LogP contribution in [0.2, 0.25) is 0 Å². The number of benzene rings is 1. The fraction of sp³-hybridized carbons (Fsp3) is 0.214. The van der Waals surface area contributed by atoms with Gasteiger partial charge in [-0.2, -0.15) is 0 Å². The molecule has 2 aromatic rings. The Hall–Kier alpha value is -1.87. The summed E-state index contributed by atoms with van der Waals surface area (Å²) in [6.45, 7) is 4.51. The highest BCUT2D eigenvalue weighted by Crippen LogP contribution is 2.24. The first-order chi connectivity index (χ1) is 8.19. The fourth-order valence-corrected chi connectivity index (χ4v) is 1.77. The van der Waals surface area contributed by atoms with E-state index in [2.05, 4.69) is 11.1 Å². The molecule has 0 bridgehead atoms. The van der Waals surface area contributed by atoms with E-state index in [9.17, 15) is 0 Å². The lowest BCUT2D eigenvalue weighted by Gasteiger charge is -2.09. The van der Waals surface area contributed by atoms with Gasteiger partial charge in [-0.05, 0) is 43.2 Å². The highest BCUT2D eigenvalue weighted by atomic mass is 16.5. The largest absolute Gasteiger partial charge is 0.439 e. The zero-order chi connectivity index (χ0) is 12.3. The van der Waals surface area contributed by atoms with Crippen molar-refractivity contribution in [2.75, 3.05) is 0 Å². The molecule has 17 heavy (non-hydrogen) atoms. The summed E-state index contributed by atoms with van der Waals surface area (Å²) < 4.78 is 5.77. The van der Waals surface area contributed by atoms with Gasteiger partial charge in [0.25, 0.3) is 0 Å². The lowest BCUT2D eigenvalue weighted by atomic mass is 10.1. The van der Waals surface area contributed by atoms with E-state index in [-0.39, 0.29) is 0 Å². The molecule has 1 heterocycles. The van der Waals surface area contributed by atoms with Crippen LogP contribution in [-0.4, -0.2) is 4.98 Å². The molecule has 0 aliphatic carbocycles. The summed E-state index contributed by atoms with van der Waals surface area (Å²) in [6.07, 6.45) is 1.71. The summed E-state index contributed by atoms with van der Waals surface area (Å²) in [4.78, 5) is 4.20. The summed E-state index contributed by atoms with van der Waals surface area (Å²) in [5, 5.41) is 0. The average molecular weight is 228 g/mol. The first kappa shape index (κ1) is 11.6. The number of ether oxygens (including phenoxy) is 1. The van der Waals surface area contributed by atoms with Crippen LogP contribution in [0.3, 0.4) is 0 Å². The number of rotatable bonds is 3. The van der Waals surface area contributed by atoms with E-state index >= 15 is 0 Å². The van der Waals surface area contributed by atoms with Gasteiger partial charge in [0.1, 0.15) is 5.75 Å². The maximum atomic E-state index is 5.77. The second kappa shape index (κ2) is 4.97. The van der Waals surface area contributed by atoms with Crippen molar-refractivity contribution in [3.05, 3.63) is 53.2 Å². The van der Waals surface area contributed by atoms with Gasteiger partial charge >= 0.3 is 0 Å². The van der Waals surface area contributed by atoms with Crippen LogP contribution < -0.4 is 10.5 Å². The van der Waals surface area contributed by atoms with E-state index in [4.69, 9.17) is 10.5 Å². The molecule has 2 rings (SSSR count). The van der Waals surface area contributed by atoms with E-state index in [0.29, 0.717) is 12.4 Å². The molecular formula is C14H16N2O. The van der Waals surface area contributed by atoms with Gasteiger partial charge in [0, 0.05) is 18.3 Å². The molecule has 0 unspecified atom stereocenters. The monoisotopic (exact) mass is 228 g/mol. The van der Waals surface area contributed by atoms with Gasteiger partial charge in [0.2, 0.25) is 5.88 Å². The smallest absolute Gasteiger partial charge is 0.223 e. The summed E-state index contributed by atoms with van der Waals surface area (Å²) in [7, 11) is 0. The van der Waals surface area contributed by atoms with E-state index in [1.165, 1.54) is 11.1 Å². The third kappa shape index (κ3) is 2.82. The standard InChI is InChI=1S/C14H16N2O/c1-10-6-11(2)8-13(7-10)17-14-12(9-15)4-3-5-16-14/h3-8H,9,15H2,1-2H3. The van der Waals surface area contributed by atoms with Crippen LogP contribution in [0.25, 0.3) is 0 Å². The zero-order valence-corrected chi connectivity index (χ0v) is 10.1. The molecule has 0 saturated heterocycles. The summed E-state index contributed by atoms with van der Waals surface area (Å²) >= 11 is 0. The van der Waals surface area contributed by atoms with Crippen LogP contribution >= 0.6 is 0 Å². The van der Waals surface area contributed by atoms with Crippen molar-refractivity contribution in [3.63, 3.8) is 0 Å². The van der Waals surface area contributed by atoms with E-state index in [1.807, 2.05) is 38.1 Å². The molecule has 0 fully saturated rings. The third-order valence-corrected chi connectivity index (χ3v) is 2.48. The maximum absolute atomic E-state index is 5.77. The molecule has 88 valence electrons. The highest BCUT2D eigenvalue weighted by molar-refractivity contribution is 5.37. The topological polar surface area (TPSA) is 48.1 Å². The van der Waals surface area contributed by atoms with Crippen LogP contribution in [0.1, 0.15) is 16.7 Å². The van der Waals surface area contributed by atoms with Gasteiger partial charge in [-0.15, -0.1) is 0 Å². The van der Waals surface area contributed by atoms with Gasteiger partial charge in [-0.3, -0.25) is 0 Å². The summed E-state index contributed by atoms with van der Waals surface area (Å²) in [6, 6.07) is 9.86. The molecule has 0 aliphatic rings. The van der Waals surface area contributed by atoms with E-state index in [0.717, 1.165) is 11.3 Å². The Kier molecular flexibility index (Phi) is 3.40. The number of nitrogens with zero attached hydrogens (tertiary/aromatic N) is 1. The molecule has 2 N–H and O–H groups in total. The molecule has 1 aromatic carbocycles. The number of pyridine rings is 1. The number of aromatic nitrogens is 1.